The largest absolute Gasteiger partial charge is 0.312 e. The van der Waals surface area contributed by atoms with Crippen LogP contribution in [0.2, 0.25) is 5.02 Å². The number of carbonyl (C=O) groups excluding carboxylic acids is 1. The Balaban J connectivity index is 1.73. The van der Waals surface area contributed by atoms with Gasteiger partial charge in [0.05, 0.1) is 9.95 Å². The molecule has 1 aromatic carbocycles. The molecule has 0 aliphatic carbocycles. The number of hydrogen-bond donors (Lipinski definition) is 1. The van der Waals surface area contributed by atoms with Crippen molar-refractivity contribution < 1.29 is 9.72 Å². The van der Waals surface area contributed by atoms with Gasteiger partial charge in [-0.05, 0) is 19.9 Å². The number of anilines is 1. The van der Waals surface area contributed by atoms with E-state index in [1.54, 1.807) is 13.0 Å². The minimum Gasteiger partial charge on any atom is -0.299 e. The van der Waals surface area contributed by atoms with Gasteiger partial charge in [-0.25, -0.2) is 0 Å². The zero-order chi connectivity index (χ0) is 18.8. The molecule has 0 aliphatic heterocycles. The van der Waals surface area contributed by atoms with Gasteiger partial charge in [-0.15, -0.1) is 10.2 Å². The van der Waals surface area contributed by atoms with E-state index < -0.39 is 10.8 Å². The van der Waals surface area contributed by atoms with Gasteiger partial charge < -0.3 is 0 Å². The van der Waals surface area contributed by atoms with Gasteiger partial charge in [0, 0.05) is 5.56 Å². The fourth-order valence-electron chi connectivity index (χ4n) is 2.42. The molecule has 134 valence electrons. The normalized spacial score (nSPS) is 10.7. The van der Waals surface area contributed by atoms with Gasteiger partial charge in [-0.1, -0.05) is 41.1 Å². The van der Waals surface area contributed by atoms with Crippen molar-refractivity contribution >= 4 is 39.7 Å². The Hall–Kier alpha value is -2.85. The quantitative estimate of drug-likeness (QED) is 0.526. The van der Waals surface area contributed by atoms with E-state index in [1.165, 1.54) is 22.9 Å². The molecule has 0 fully saturated rings. The highest BCUT2D eigenvalue weighted by Crippen LogP contribution is 2.31. The van der Waals surface area contributed by atoms with Crippen molar-refractivity contribution in [3.8, 4) is 10.6 Å². The smallest absolute Gasteiger partial charge is 0.299 e. The van der Waals surface area contributed by atoms with E-state index in [9.17, 15) is 14.9 Å². The highest BCUT2D eigenvalue weighted by atomic mass is 35.5. The molecule has 2 heterocycles. The molecule has 0 saturated carbocycles. The molecule has 26 heavy (non-hydrogen) atoms. The van der Waals surface area contributed by atoms with Crippen molar-refractivity contribution in [2.75, 3.05) is 5.32 Å². The third-order valence-corrected chi connectivity index (χ3v) is 4.80. The van der Waals surface area contributed by atoms with Gasteiger partial charge in [0.1, 0.15) is 17.9 Å². The number of nitrogens with zero attached hydrogens (tertiary/aromatic N) is 5. The molecule has 0 radical (unpaired) electrons. The summed E-state index contributed by atoms with van der Waals surface area (Å²) in [4.78, 5) is 22.7. The lowest BCUT2D eigenvalue weighted by Crippen LogP contribution is -2.20. The zero-order valence-corrected chi connectivity index (χ0v) is 15.3. The number of rotatable bonds is 5. The zero-order valence-electron chi connectivity index (χ0n) is 13.8. The second kappa shape index (κ2) is 7.18. The molecule has 0 aliphatic rings. The predicted molar refractivity (Wildman–Crippen MR) is 97.3 cm³/mol. The number of aryl methyl sites for hydroxylation is 1. The second-order valence-corrected chi connectivity index (χ2v) is 6.76. The predicted octanol–water partition coefficient (Wildman–Crippen LogP) is 3.22. The van der Waals surface area contributed by atoms with Crippen LogP contribution < -0.4 is 5.32 Å². The summed E-state index contributed by atoms with van der Waals surface area (Å²) in [5, 5.41) is 27.1. The number of nitrogens with one attached hydrogen (secondary N) is 1. The average molecular weight is 393 g/mol. The Bertz CT molecular complexity index is 999. The number of amides is 1. The van der Waals surface area contributed by atoms with E-state index in [2.05, 4.69) is 20.6 Å². The Morgan fingerprint density at radius 1 is 1.35 bits per heavy atom. The van der Waals surface area contributed by atoms with E-state index in [1.807, 2.05) is 18.2 Å². The average Bonchev–Trinajstić information content (AvgIpc) is 3.12. The maximum atomic E-state index is 12.2. The first-order valence-corrected chi connectivity index (χ1v) is 8.63. The van der Waals surface area contributed by atoms with Crippen LogP contribution in [0.4, 0.5) is 10.8 Å². The molecule has 0 atom stereocenters. The summed E-state index contributed by atoms with van der Waals surface area (Å²) in [6.45, 7) is 2.91. The number of nitro groups is 1. The minimum absolute atomic E-state index is 0.0882. The first kappa shape index (κ1) is 18.0. The Labute approximate surface area is 156 Å². The molecule has 1 N–H and O–H groups in total. The van der Waals surface area contributed by atoms with Crippen molar-refractivity contribution in [1.29, 1.82) is 0 Å². The van der Waals surface area contributed by atoms with Gasteiger partial charge in [0.2, 0.25) is 11.0 Å². The van der Waals surface area contributed by atoms with Crippen LogP contribution in [-0.4, -0.2) is 30.8 Å². The van der Waals surface area contributed by atoms with Crippen molar-refractivity contribution in [3.05, 3.63) is 50.8 Å². The van der Waals surface area contributed by atoms with Crippen LogP contribution in [0.15, 0.2) is 24.3 Å². The van der Waals surface area contributed by atoms with E-state index in [4.69, 9.17) is 11.6 Å². The molecule has 0 unspecified atom stereocenters. The maximum Gasteiger partial charge on any atom is 0.312 e. The fourth-order valence-corrected chi connectivity index (χ4v) is 3.50. The topological polar surface area (TPSA) is 116 Å². The third-order valence-electron chi connectivity index (χ3n) is 3.59. The van der Waals surface area contributed by atoms with Crippen LogP contribution >= 0.6 is 22.9 Å². The highest BCUT2D eigenvalue weighted by molar-refractivity contribution is 7.18. The fraction of sp³-hybridized carbons (Fsp3) is 0.200. The molecule has 9 nitrogen and oxygen atoms in total. The van der Waals surface area contributed by atoms with Gasteiger partial charge in [0.15, 0.2) is 5.01 Å². The van der Waals surface area contributed by atoms with E-state index in [0.717, 1.165) is 5.56 Å². The van der Waals surface area contributed by atoms with Crippen LogP contribution in [0.3, 0.4) is 0 Å². The molecule has 1 amide bonds. The monoisotopic (exact) mass is 392 g/mol. The summed E-state index contributed by atoms with van der Waals surface area (Å²) < 4.78 is 1.29. The van der Waals surface area contributed by atoms with Crippen LogP contribution in [-0.2, 0) is 11.3 Å². The summed E-state index contributed by atoms with van der Waals surface area (Å²) in [7, 11) is 0. The molecule has 0 spiro atoms. The minimum atomic E-state index is -0.507. The first-order chi connectivity index (χ1) is 12.4. The lowest BCUT2D eigenvalue weighted by molar-refractivity contribution is -0.386. The standard InChI is InChI=1S/C15H13ClN6O3S/c1-8-13(22(24)25)9(2)21(20-8)7-12(23)17-15-19-18-14(26-15)10-5-3-4-6-11(10)16/h3-6H,7H2,1-2H3,(H,17,19,23). The third kappa shape index (κ3) is 3.55. The maximum absolute atomic E-state index is 12.2. The van der Waals surface area contributed by atoms with Gasteiger partial charge in [0.25, 0.3) is 0 Å². The Kier molecular flexibility index (Phi) is 4.96. The van der Waals surface area contributed by atoms with E-state index >= 15 is 0 Å². The number of benzene rings is 1. The molecule has 0 bridgehead atoms. The number of halogens is 1. The van der Waals surface area contributed by atoms with Crippen molar-refractivity contribution in [2.45, 2.75) is 20.4 Å². The van der Waals surface area contributed by atoms with Crippen LogP contribution in [0.5, 0.6) is 0 Å². The second-order valence-electron chi connectivity index (χ2n) is 5.37. The van der Waals surface area contributed by atoms with Crippen molar-refractivity contribution in [2.24, 2.45) is 0 Å². The lowest BCUT2D eigenvalue weighted by atomic mass is 10.2. The molecule has 2 aromatic heterocycles. The van der Waals surface area contributed by atoms with E-state index in [-0.39, 0.29) is 17.9 Å². The van der Waals surface area contributed by atoms with Gasteiger partial charge in [-0.2, -0.15) is 5.10 Å². The summed E-state index contributed by atoms with van der Waals surface area (Å²) in [6, 6.07) is 7.19. The van der Waals surface area contributed by atoms with Crippen LogP contribution in [0.1, 0.15) is 11.4 Å². The highest BCUT2D eigenvalue weighted by Gasteiger charge is 2.23. The Morgan fingerprint density at radius 2 is 2.08 bits per heavy atom. The van der Waals surface area contributed by atoms with Crippen molar-refractivity contribution in [1.82, 2.24) is 20.0 Å². The van der Waals surface area contributed by atoms with Gasteiger partial charge >= 0.3 is 5.69 Å². The van der Waals surface area contributed by atoms with Crippen LogP contribution in [0.25, 0.3) is 10.6 Å². The molecule has 0 saturated heterocycles. The number of carbonyl (C=O) groups is 1. The lowest BCUT2D eigenvalue weighted by Gasteiger charge is -2.03. The number of hydrogen-bond acceptors (Lipinski definition) is 7. The molecular formula is C15H13ClN6O3S. The molecule has 11 heteroatoms. The molecule has 3 rings (SSSR count). The van der Waals surface area contributed by atoms with E-state index in [0.29, 0.717) is 20.9 Å². The number of aromatic nitrogens is 4. The first-order valence-electron chi connectivity index (χ1n) is 7.43. The SMILES string of the molecule is Cc1nn(CC(=O)Nc2nnc(-c3ccccc3Cl)s2)c(C)c1[N+](=O)[O-]. The summed E-state index contributed by atoms with van der Waals surface area (Å²) in [6.07, 6.45) is 0. The summed E-state index contributed by atoms with van der Waals surface area (Å²) in [5.41, 5.74) is 1.21. The van der Waals surface area contributed by atoms with Crippen LogP contribution in [0, 0.1) is 24.0 Å². The summed E-state index contributed by atoms with van der Waals surface area (Å²) >= 11 is 7.31. The van der Waals surface area contributed by atoms with Gasteiger partial charge in [-0.3, -0.25) is 24.9 Å². The molecular weight excluding hydrogens is 380 g/mol. The van der Waals surface area contributed by atoms with Crippen molar-refractivity contribution in [3.63, 3.8) is 0 Å². The molecule has 3 aromatic rings. The Morgan fingerprint density at radius 3 is 2.73 bits per heavy atom. The summed E-state index contributed by atoms with van der Waals surface area (Å²) in [5.74, 6) is -0.410.